The SMILES string of the molecule is CC[C@H]1O[C@]2(C)C[C@@H](S(=O)(=O)c3ccccc3)C[C@H]1O2. The Kier molecular flexibility index (Phi) is 3.39. The smallest absolute Gasteiger partial charge is 0.181 e. The van der Waals surface area contributed by atoms with Crippen molar-refractivity contribution in [2.45, 2.75) is 61.3 Å². The highest BCUT2D eigenvalue weighted by molar-refractivity contribution is 7.92. The van der Waals surface area contributed by atoms with Gasteiger partial charge in [0.25, 0.3) is 0 Å². The summed E-state index contributed by atoms with van der Waals surface area (Å²) in [5.41, 5.74) is 0. The summed E-state index contributed by atoms with van der Waals surface area (Å²) >= 11 is 0. The van der Waals surface area contributed by atoms with Crippen molar-refractivity contribution in [1.82, 2.24) is 0 Å². The molecule has 0 amide bonds. The molecule has 2 bridgehead atoms. The van der Waals surface area contributed by atoms with Gasteiger partial charge < -0.3 is 9.47 Å². The summed E-state index contributed by atoms with van der Waals surface area (Å²) in [6, 6.07) is 8.66. The Bertz CT molecular complexity index is 583. The molecule has 0 radical (unpaired) electrons. The molecule has 0 saturated carbocycles. The zero-order valence-electron chi connectivity index (χ0n) is 11.8. The summed E-state index contributed by atoms with van der Waals surface area (Å²) in [6.07, 6.45) is 1.67. The van der Waals surface area contributed by atoms with Crippen molar-refractivity contribution in [3.8, 4) is 0 Å². The lowest BCUT2D eigenvalue weighted by Crippen LogP contribution is -2.41. The second kappa shape index (κ2) is 4.83. The Hall–Kier alpha value is -0.910. The Labute approximate surface area is 120 Å². The summed E-state index contributed by atoms with van der Waals surface area (Å²) in [4.78, 5) is 0.392. The minimum absolute atomic E-state index is 0.0102. The molecular formula is C15H20O4S. The van der Waals surface area contributed by atoms with Gasteiger partial charge in [-0.1, -0.05) is 25.1 Å². The van der Waals surface area contributed by atoms with E-state index in [0.717, 1.165) is 6.42 Å². The lowest BCUT2D eigenvalue weighted by Gasteiger charge is -2.33. The maximum absolute atomic E-state index is 12.7. The van der Waals surface area contributed by atoms with Gasteiger partial charge in [-0.25, -0.2) is 8.42 Å². The quantitative estimate of drug-likeness (QED) is 0.860. The van der Waals surface area contributed by atoms with Crippen molar-refractivity contribution in [1.29, 1.82) is 0 Å². The van der Waals surface area contributed by atoms with Crippen LogP contribution in [0.25, 0.3) is 0 Å². The Morgan fingerprint density at radius 1 is 1.25 bits per heavy atom. The molecule has 2 aliphatic heterocycles. The summed E-state index contributed by atoms with van der Waals surface area (Å²) in [5, 5.41) is -0.426. The molecule has 2 fully saturated rings. The monoisotopic (exact) mass is 296 g/mol. The normalized spacial score (nSPS) is 37.0. The van der Waals surface area contributed by atoms with Gasteiger partial charge in [0.2, 0.25) is 0 Å². The summed E-state index contributed by atoms with van der Waals surface area (Å²) < 4.78 is 37.2. The van der Waals surface area contributed by atoms with Crippen LogP contribution in [0.2, 0.25) is 0 Å². The number of sulfone groups is 1. The molecule has 1 aromatic rings. The second-order valence-electron chi connectivity index (χ2n) is 5.77. The fourth-order valence-corrected chi connectivity index (χ4v) is 5.14. The molecule has 0 unspecified atom stereocenters. The summed E-state index contributed by atoms with van der Waals surface area (Å²) in [7, 11) is -3.32. The standard InChI is InChI=1S/C15H20O4S/c1-3-13-14-9-12(10-15(2,18-13)19-14)20(16,17)11-7-5-4-6-8-11/h4-8,12-14H,3,9-10H2,1-2H3/t12-,13+,14+,15-/m0/s1. The van der Waals surface area contributed by atoms with Crippen molar-refractivity contribution in [2.24, 2.45) is 0 Å². The number of hydrogen-bond acceptors (Lipinski definition) is 4. The lowest BCUT2D eigenvalue weighted by molar-refractivity contribution is -0.178. The van der Waals surface area contributed by atoms with Gasteiger partial charge >= 0.3 is 0 Å². The largest absolute Gasteiger partial charge is 0.344 e. The maximum Gasteiger partial charge on any atom is 0.181 e. The van der Waals surface area contributed by atoms with Gasteiger partial charge in [0.15, 0.2) is 15.6 Å². The molecule has 4 nitrogen and oxygen atoms in total. The maximum atomic E-state index is 12.7. The van der Waals surface area contributed by atoms with Gasteiger partial charge in [0.05, 0.1) is 22.4 Å². The fourth-order valence-electron chi connectivity index (χ4n) is 3.26. The third-order valence-electron chi connectivity index (χ3n) is 4.22. The molecule has 1 aromatic carbocycles. The van der Waals surface area contributed by atoms with Crippen LogP contribution in [-0.2, 0) is 19.3 Å². The van der Waals surface area contributed by atoms with Crippen molar-refractivity contribution >= 4 is 9.84 Å². The van der Waals surface area contributed by atoms with E-state index >= 15 is 0 Å². The zero-order chi connectivity index (χ0) is 14.4. The summed E-state index contributed by atoms with van der Waals surface area (Å²) in [6.45, 7) is 3.89. The topological polar surface area (TPSA) is 52.6 Å². The van der Waals surface area contributed by atoms with Gasteiger partial charge in [-0.05, 0) is 31.9 Å². The third kappa shape index (κ3) is 2.28. The minimum Gasteiger partial charge on any atom is -0.344 e. The molecule has 2 saturated heterocycles. The third-order valence-corrected chi connectivity index (χ3v) is 6.39. The van der Waals surface area contributed by atoms with E-state index in [1.165, 1.54) is 0 Å². The first-order chi connectivity index (χ1) is 9.44. The van der Waals surface area contributed by atoms with Crippen LogP contribution in [0, 0.1) is 0 Å². The Balaban J connectivity index is 1.90. The Morgan fingerprint density at radius 2 is 1.95 bits per heavy atom. The van der Waals surface area contributed by atoms with Crippen molar-refractivity contribution in [3.63, 3.8) is 0 Å². The van der Waals surface area contributed by atoms with Gasteiger partial charge in [0, 0.05) is 6.42 Å². The van der Waals surface area contributed by atoms with Crippen LogP contribution in [0.3, 0.4) is 0 Å². The highest BCUT2D eigenvalue weighted by Crippen LogP contribution is 2.43. The van der Waals surface area contributed by atoms with Crippen molar-refractivity contribution in [3.05, 3.63) is 30.3 Å². The van der Waals surface area contributed by atoms with E-state index in [4.69, 9.17) is 9.47 Å². The van der Waals surface area contributed by atoms with Gasteiger partial charge in [-0.15, -0.1) is 0 Å². The predicted octanol–water partition coefficient (Wildman–Crippen LogP) is 2.53. The van der Waals surface area contributed by atoms with E-state index in [9.17, 15) is 8.42 Å². The molecule has 0 aliphatic carbocycles. The number of hydrogen-bond donors (Lipinski definition) is 0. The summed E-state index contributed by atoms with van der Waals surface area (Å²) in [5.74, 6) is -0.754. The molecule has 4 atom stereocenters. The molecule has 5 heteroatoms. The molecule has 2 aliphatic rings. The fraction of sp³-hybridized carbons (Fsp3) is 0.600. The lowest BCUT2D eigenvalue weighted by atomic mass is 10.0. The highest BCUT2D eigenvalue weighted by atomic mass is 32.2. The zero-order valence-corrected chi connectivity index (χ0v) is 12.6. The van der Waals surface area contributed by atoms with Crippen LogP contribution < -0.4 is 0 Å². The average Bonchev–Trinajstić information content (AvgIpc) is 2.68. The van der Waals surface area contributed by atoms with Gasteiger partial charge in [-0.2, -0.15) is 0 Å². The molecule has 2 heterocycles. The molecule has 3 rings (SSSR count). The van der Waals surface area contributed by atoms with E-state index in [-0.39, 0.29) is 12.2 Å². The van der Waals surface area contributed by atoms with Crippen molar-refractivity contribution < 1.29 is 17.9 Å². The van der Waals surface area contributed by atoms with E-state index in [0.29, 0.717) is 17.7 Å². The molecule has 20 heavy (non-hydrogen) atoms. The van der Waals surface area contributed by atoms with Gasteiger partial charge in [-0.3, -0.25) is 0 Å². The first-order valence-corrected chi connectivity index (χ1v) is 8.64. The number of rotatable bonds is 3. The number of benzene rings is 1. The Morgan fingerprint density at radius 3 is 2.60 bits per heavy atom. The molecular weight excluding hydrogens is 276 g/mol. The molecule has 0 spiro atoms. The van der Waals surface area contributed by atoms with Crippen LogP contribution in [0.4, 0.5) is 0 Å². The van der Waals surface area contributed by atoms with Crippen LogP contribution in [0.5, 0.6) is 0 Å². The van der Waals surface area contributed by atoms with E-state index in [1.54, 1.807) is 24.3 Å². The van der Waals surface area contributed by atoms with Crippen LogP contribution in [0.15, 0.2) is 35.2 Å². The van der Waals surface area contributed by atoms with Crippen LogP contribution >= 0.6 is 0 Å². The number of ether oxygens (including phenoxy) is 2. The number of fused-ring (bicyclic) bond motifs is 2. The van der Waals surface area contributed by atoms with Crippen LogP contribution in [-0.4, -0.2) is 31.7 Å². The van der Waals surface area contributed by atoms with Crippen LogP contribution in [0.1, 0.15) is 33.1 Å². The second-order valence-corrected chi connectivity index (χ2v) is 8.00. The molecule has 110 valence electrons. The van der Waals surface area contributed by atoms with Crippen molar-refractivity contribution in [2.75, 3.05) is 0 Å². The first kappa shape index (κ1) is 14.0. The first-order valence-electron chi connectivity index (χ1n) is 7.09. The molecule has 0 aromatic heterocycles. The predicted molar refractivity (Wildman–Crippen MR) is 75.1 cm³/mol. The van der Waals surface area contributed by atoms with E-state index in [1.807, 2.05) is 19.9 Å². The van der Waals surface area contributed by atoms with Gasteiger partial charge in [0.1, 0.15) is 0 Å². The minimum atomic E-state index is -3.32. The highest BCUT2D eigenvalue weighted by Gasteiger charge is 2.52. The average molecular weight is 296 g/mol. The van der Waals surface area contributed by atoms with E-state index in [2.05, 4.69) is 0 Å². The molecule has 0 N–H and O–H groups in total. The van der Waals surface area contributed by atoms with E-state index < -0.39 is 20.9 Å².